The predicted molar refractivity (Wildman–Crippen MR) is 134 cm³/mol. The van der Waals surface area contributed by atoms with Crippen molar-refractivity contribution in [2.24, 2.45) is 29.6 Å². The van der Waals surface area contributed by atoms with Crippen molar-refractivity contribution in [3.63, 3.8) is 0 Å². The maximum atomic E-state index is 13.6. The highest BCUT2D eigenvalue weighted by molar-refractivity contribution is 5.75. The lowest BCUT2D eigenvalue weighted by molar-refractivity contribution is -0.144. The average molecular weight is 493 g/mol. The van der Waals surface area contributed by atoms with Gasteiger partial charge in [-0.1, -0.05) is 24.3 Å². The fourth-order valence-electron chi connectivity index (χ4n) is 6.64. The van der Waals surface area contributed by atoms with Crippen LogP contribution >= 0.6 is 0 Å². The smallest absolute Gasteiger partial charge is 0.407 e. The highest BCUT2D eigenvalue weighted by atomic mass is 19.1. The molecular formula is C29H33FN2O4. The molecule has 2 heterocycles. The zero-order chi connectivity index (χ0) is 25.2. The molecule has 190 valence electrons. The summed E-state index contributed by atoms with van der Waals surface area (Å²) in [5.74, 6) is 0.629. The molecule has 1 aromatic heterocycles. The molecule has 6 nitrogen and oxygen atoms in total. The number of pyridine rings is 1. The van der Waals surface area contributed by atoms with E-state index in [9.17, 15) is 14.0 Å². The monoisotopic (exact) mass is 492 g/mol. The number of hydrogen-bond donors (Lipinski definition) is 1. The van der Waals surface area contributed by atoms with Crippen LogP contribution in [0.1, 0.15) is 45.2 Å². The van der Waals surface area contributed by atoms with Gasteiger partial charge in [-0.15, -0.1) is 0 Å². The van der Waals surface area contributed by atoms with Crippen LogP contribution in [0.5, 0.6) is 0 Å². The van der Waals surface area contributed by atoms with Crippen molar-refractivity contribution in [3.05, 3.63) is 60.2 Å². The summed E-state index contributed by atoms with van der Waals surface area (Å²) in [4.78, 5) is 29.2. The van der Waals surface area contributed by atoms with Gasteiger partial charge in [0.1, 0.15) is 11.9 Å². The number of carbonyl (C=O) groups excluding carboxylic acids is 2. The molecule has 1 N–H and O–H groups in total. The Hall–Kier alpha value is -3.22. The molecule has 0 spiro atoms. The number of alkyl carbamates (subject to hydrolysis) is 1. The molecule has 0 unspecified atom stereocenters. The molecule has 7 heteroatoms. The van der Waals surface area contributed by atoms with E-state index in [2.05, 4.69) is 16.4 Å². The van der Waals surface area contributed by atoms with Crippen LogP contribution in [0.4, 0.5) is 9.18 Å². The highest BCUT2D eigenvalue weighted by Gasteiger charge is 2.54. The van der Waals surface area contributed by atoms with Crippen LogP contribution in [0.25, 0.3) is 17.2 Å². The molecule has 2 aliphatic carbocycles. The Bertz CT molecular complexity index is 1130. The Morgan fingerprint density at radius 2 is 2.08 bits per heavy atom. The van der Waals surface area contributed by atoms with Gasteiger partial charge < -0.3 is 14.8 Å². The van der Waals surface area contributed by atoms with Crippen molar-refractivity contribution < 1.29 is 23.5 Å². The molecule has 1 amide bonds. The number of nitrogens with one attached hydrogen (secondary N) is 1. The van der Waals surface area contributed by atoms with Crippen molar-refractivity contribution in [1.29, 1.82) is 0 Å². The number of halogens is 1. The minimum absolute atomic E-state index is 0.0679. The van der Waals surface area contributed by atoms with Crippen LogP contribution < -0.4 is 5.32 Å². The molecule has 2 aromatic rings. The first-order chi connectivity index (χ1) is 17.4. The lowest BCUT2D eigenvalue weighted by atomic mass is 9.57. The molecule has 0 bridgehead atoms. The highest BCUT2D eigenvalue weighted by Crippen LogP contribution is 2.53. The van der Waals surface area contributed by atoms with Crippen LogP contribution in [0.15, 0.2) is 48.7 Å². The number of rotatable bonds is 5. The quantitative estimate of drug-likeness (QED) is 0.548. The van der Waals surface area contributed by atoms with E-state index in [1.165, 1.54) is 12.1 Å². The zero-order valence-electron chi connectivity index (χ0n) is 20.7. The lowest BCUT2D eigenvalue weighted by Gasteiger charge is -2.47. The second-order valence-electron chi connectivity index (χ2n) is 10.3. The van der Waals surface area contributed by atoms with Gasteiger partial charge in [0.2, 0.25) is 0 Å². The van der Waals surface area contributed by atoms with E-state index < -0.39 is 0 Å². The average Bonchev–Trinajstić information content (AvgIpc) is 3.15. The summed E-state index contributed by atoms with van der Waals surface area (Å²) in [6, 6.07) is 10.4. The minimum Gasteiger partial charge on any atom is -0.462 e. The van der Waals surface area contributed by atoms with Gasteiger partial charge in [0, 0.05) is 23.7 Å². The predicted octanol–water partition coefficient (Wildman–Crippen LogP) is 5.63. The Kier molecular flexibility index (Phi) is 7.08. The molecule has 2 saturated carbocycles. The van der Waals surface area contributed by atoms with Crippen LogP contribution in [0.2, 0.25) is 0 Å². The van der Waals surface area contributed by atoms with E-state index in [1.54, 1.807) is 19.2 Å². The number of esters is 1. The number of benzene rings is 1. The van der Waals surface area contributed by atoms with E-state index in [-0.39, 0.29) is 47.8 Å². The van der Waals surface area contributed by atoms with Gasteiger partial charge in [0.25, 0.3) is 0 Å². The molecule has 1 aliphatic heterocycles. The first-order valence-corrected chi connectivity index (χ1v) is 13.0. The first kappa shape index (κ1) is 24.5. The van der Waals surface area contributed by atoms with Crippen molar-refractivity contribution >= 4 is 18.1 Å². The van der Waals surface area contributed by atoms with Crippen molar-refractivity contribution in [2.75, 3.05) is 6.61 Å². The van der Waals surface area contributed by atoms with Gasteiger partial charge in [-0.25, -0.2) is 9.18 Å². The number of allylic oxidation sites excluding steroid dienone is 1. The molecule has 36 heavy (non-hydrogen) atoms. The van der Waals surface area contributed by atoms with E-state index in [0.29, 0.717) is 18.4 Å². The van der Waals surface area contributed by atoms with Gasteiger partial charge in [-0.3, -0.25) is 9.78 Å². The topological polar surface area (TPSA) is 77.5 Å². The largest absolute Gasteiger partial charge is 0.462 e. The number of aromatic nitrogens is 1. The van der Waals surface area contributed by atoms with Crippen molar-refractivity contribution in [3.8, 4) is 11.1 Å². The van der Waals surface area contributed by atoms with Gasteiger partial charge >= 0.3 is 12.1 Å². The Morgan fingerprint density at radius 1 is 1.22 bits per heavy atom. The normalized spacial score (nSPS) is 31.4. The molecule has 1 aromatic carbocycles. The molecule has 1 saturated heterocycles. The van der Waals surface area contributed by atoms with Crippen LogP contribution in [0, 0.1) is 35.4 Å². The SMILES string of the molecule is CCOC(=O)N[C@@H]1CC[C@H]2[C@H](C1)C[C@H]1C(=O)O[C@@H](C)[C@@H]1[C@@H]2C=Cc1ccc(-c2cccc(F)c2)cn1. The third kappa shape index (κ3) is 5.01. The molecule has 3 aliphatic rings. The van der Waals surface area contributed by atoms with Gasteiger partial charge in [-0.05, 0) is 87.1 Å². The molecule has 7 atom stereocenters. The summed E-state index contributed by atoms with van der Waals surface area (Å²) in [6.45, 7) is 4.15. The summed E-state index contributed by atoms with van der Waals surface area (Å²) in [7, 11) is 0. The van der Waals surface area contributed by atoms with E-state index in [1.807, 2.05) is 31.2 Å². The molecule has 0 radical (unpaired) electrons. The number of cyclic esters (lactones) is 1. The third-order valence-corrected chi connectivity index (χ3v) is 8.18. The summed E-state index contributed by atoms with van der Waals surface area (Å²) in [5.41, 5.74) is 2.48. The standard InChI is InChI=1S/C29H33FN2O4/c1-3-35-29(34)32-23-10-11-24-20(14-23)15-26-27(17(2)36-28(26)33)25(24)12-9-22-8-7-19(16-31-22)18-5-4-6-21(30)13-18/h4-9,12-13,16-17,20,23-27H,3,10-11,14-15H2,1-2H3,(H,32,34)/t17-,20+,23+,24-,25+,26+,27+/m0/s1. The van der Waals surface area contributed by atoms with E-state index >= 15 is 0 Å². The second-order valence-corrected chi connectivity index (χ2v) is 10.3. The fourth-order valence-corrected chi connectivity index (χ4v) is 6.64. The summed E-state index contributed by atoms with van der Waals surface area (Å²) in [5, 5.41) is 3.00. The minimum atomic E-state index is -0.368. The Labute approximate surface area is 211 Å². The Morgan fingerprint density at radius 3 is 2.83 bits per heavy atom. The maximum absolute atomic E-state index is 13.6. The van der Waals surface area contributed by atoms with Gasteiger partial charge in [0.05, 0.1) is 18.2 Å². The Balaban J connectivity index is 1.34. The lowest BCUT2D eigenvalue weighted by Crippen LogP contribution is -2.48. The van der Waals surface area contributed by atoms with Crippen molar-refractivity contribution in [1.82, 2.24) is 10.3 Å². The van der Waals surface area contributed by atoms with Gasteiger partial charge in [-0.2, -0.15) is 0 Å². The van der Waals surface area contributed by atoms with E-state index in [4.69, 9.17) is 9.47 Å². The van der Waals surface area contributed by atoms with Crippen LogP contribution in [-0.4, -0.2) is 35.8 Å². The van der Waals surface area contributed by atoms with E-state index in [0.717, 1.165) is 42.5 Å². The number of nitrogens with zero attached hydrogens (tertiary/aromatic N) is 1. The molecule has 5 rings (SSSR count). The summed E-state index contributed by atoms with van der Waals surface area (Å²) in [6.07, 6.45) is 9.07. The summed E-state index contributed by atoms with van der Waals surface area (Å²) < 4.78 is 24.3. The number of hydrogen-bond acceptors (Lipinski definition) is 5. The molecular weight excluding hydrogens is 459 g/mol. The number of ether oxygens (including phenoxy) is 2. The van der Waals surface area contributed by atoms with Crippen molar-refractivity contribution in [2.45, 2.75) is 51.7 Å². The number of carbonyl (C=O) groups is 2. The van der Waals surface area contributed by atoms with Crippen LogP contribution in [-0.2, 0) is 14.3 Å². The second kappa shape index (κ2) is 10.4. The number of amides is 1. The van der Waals surface area contributed by atoms with Crippen LogP contribution in [0.3, 0.4) is 0 Å². The van der Waals surface area contributed by atoms with Gasteiger partial charge in [0.15, 0.2) is 0 Å². The fraction of sp³-hybridized carbons (Fsp3) is 0.483. The summed E-state index contributed by atoms with van der Waals surface area (Å²) >= 11 is 0. The first-order valence-electron chi connectivity index (χ1n) is 13.0. The maximum Gasteiger partial charge on any atom is 0.407 e. The molecule has 3 fully saturated rings. The zero-order valence-corrected chi connectivity index (χ0v) is 20.7. The number of fused-ring (bicyclic) bond motifs is 2. The third-order valence-electron chi connectivity index (χ3n) is 8.18.